The predicted octanol–water partition coefficient (Wildman–Crippen LogP) is 6.43. The summed E-state index contributed by atoms with van der Waals surface area (Å²) < 4.78 is 10.7. The minimum Gasteiger partial charge on any atom is -0.437 e. The summed E-state index contributed by atoms with van der Waals surface area (Å²) in [5.41, 5.74) is 2.81. The number of rotatable bonds is 5. The minimum atomic E-state index is -0.0389. The molecule has 2 aromatic heterocycles. The van der Waals surface area contributed by atoms with Crippen molar-refractivity contribution >= 4 is 22.4 Å². The summed E-state index contributed by atoms with van der Waals surface area (Å²) in [6.45, 7) is 6.50. The van der Waals surface area contributed by atoms with Gasteiger partial charge < -0.3 is 10.1 Å². The van der Waals surface area contributed by atoms with Crippen molar-refractivity contribution in [3.8, 4) is 23.0 Å². The van der Waals surface area contributed by atoms with Crippen LogP contribution < -0.4 is 10.1 Å². The number of nitrogens with zero attached hydrogens (tertiary/aromatic N) is 3. The summed E-state index contributed by atoms with van der Waals surface area (Å²) in [4.78, 5) is 9.02. The van der Waals surface area contributed by atoms with E-state index in [-0.39, 0.29) is 5.41 Å². The van der Waals surface area contributed by atoms with E-state index in [1.807, 2.05) is 60.7 Å². The SMILES string of the molecule is CC(C)(C)c1ccccc1Oc1ncccc1Nc1nc(-c2ccccc2)ns1. The molecule has 146 valence electrons. The molecule has 0 bridgehead atoms. The fraction of sp³-hybridized carbons (Fsp3) is 0.174. The molecule has 0 saturated heterocycles. The highest BCUT2D eigenvalue weighted by Gasteiger charge is 2.20. The standard InChI is InChI=1S/C23H22N4OS/c1-23(2,3)17-12-7-8-14-19(17)28-21-18(13-9-15-24-21)25-22-26-20(27-29-22)16-10-5-4-6-11-16/h4-15H,1-3H3,(H,25,26,27). The summed E-state index contributed by atoms with van der Waals surface area (Å²) in [6.07, 6.45) is 1.72. The van der Waals surface area contributed by atoms with Crippen LogP contribution in [-0.2, 0) is 5.41 Å². The molecule has 0 aliphatic carbocycles. The molecule has 2 aromatic carbocycles. The van der Waals surface area contributed by atoms with Gasteiger partial charge in [0.1, 0.15) is 11.4 Å². The molecule has 0 unspecified atom stereocenters. The molecule has 0 fully saturated rings. The smallest absolute Gasteiger partial charge is 0.243 e. The van der Waals surface area contributed by atoms with Gasteiger partial charge in [-0.3, -0.25) is 0 Å². The summed E-state index contributed by atoms with van der Waals surface area (Å²) >= 11 is 1.31. The van der Waals surface area contributed by atoms with E-state index in [1.165, 1.54) is 11.5 Å². The quantitative estimate of drug-likeness (QED) is 0.416. The second-order valence-electron chi connectivity index (χ2n) is 7.62. The van der Waals surface area contributed by atoms with Crippen LogP contribution in [0.1, 0.15) is 26.3 Å². The van der Waals surface area contributed by atoms with Crippen LogP contribution in [0.2, 0.25) is 0 Å². The fourth-order valence-electron chi connectivity index (χ4n) is 2.94. The van der Waals surface area contributed by atoms with E-state index in [0.717, 1.165) is 22.6 Å². The maximum absolute atomic E-state index is 6.21. The molecule has 6 heteroatoms. The highest BCUT2D eigenvalue weighted by atomic mass is 32.1. The van der Waals surface area contributed by atoms with Crippen molar-refractivity contribution in [2.45, 2.75) is 26.2 Å². The Balaban J connectivity index is 1.60. The molecular formula is C23H22N4OS. The third-order valence-electron chi connectivity index (χ3n) is 4.37. The first kappa shape index (κ1) is 19.1. The molecule has 4 rings (SSSR count). The van der Waals surface area contributed by atoms with Crippen molar-refractivity contribution in [3.05, 3.63) is 78.5 Å². The van der Waals surface area contributed by atoms with E-state index in [0.29, 0.717) is 16.8 Å². The van der Waals surface area contributed by atoms with Gasteiger partial charge in [-0.05, 0) is 23.6 Å². The average Bonchev–Trinajstić information content (AvgIpc) is 3.18. The number of ether oxygens (including phenoxy) is 1. The zero-order valence-electron chi connectivity index (χ0n) is 16.6. The lowest BCUT2D eigenvalue weighted by Gasteiger charge is -2.22. The Bertz CT molecular complexity index is 1100. The third-order valence-corrected chi connectivity index (χ3v) is 5.00. The van der Waals surface area contributed by atoms with E-state index in [4.69, 9.17) is 4.74 Å². The predicted molar refractivity (Wildman–Crippen MR) is 118 cm³/mol. The van der Waals surface area contributed by atoms with Gasteiger partial charge in [0.2, 0.25) is 11.0 Å². The van der Waals surface area contributed by atoms with Gasteiger partial charge in [-0.15, -0.1) is 0 Å². The van der Waals surface area contributed by atoms with Crippen molar-refractivity contribution in [1.82, 2.24) is 14.3 Å². The van der Waals surface area contributed by atoms with Gasteiger partial charge in [0.25, 0.3) is 0 Å². The molecule has 0 radical (unpaired) electrons. The highest BCUT2D eigenvalue weighted by Crippen LogP contribution is 2.36. The van der Waals surface area contributed by atoms with E-state index >= 15 is 0 Å². The molecule has 0 aliphatic heterocycles. The second-order valence-corrected chi connectivity index (χ2v) is 8.37. The Morgan fingerprint density at radius 1 is 0.897 bits per heavy atom. The molecule has 0 amide bonds. The summed E-state index contributed by atoms with van der Waals surface area (Å²) in [6, 6.07) is 21.8. The lowest BCUT2D eigenvalue weighted by molar-refractivity contribution is 0.442. The monoisotopic (exact) mass is 402 g/mol. The Hall–Kier alpha value is -3.25. The van der Waals surface area contributed by atoms with Gasteiger partial charge >= 0.3 is 0 Å². The molecule has 1 N–H and O–H groups in total. The van der Waals surface area contributed by atoms with Crippen LogP contribution in [0.5, 0.6) is 11.6 Å². The van der Waals surface area contributed by atoms with Gasteiger partial charge in [0.15, 0.2) is 5.82 Å². The van der Waals surface area contributed by atoms with Crippen LogP contribution >= 0.6 is 11.5 Å². The Kier molecular flexibility index (Phi) is 5.27. The number of pyridine rings is 1. The average molecular weight is 403 g/mol. The number of benzene rings is 2. The van der Waals surface area contributed by atoms with Crippen molar-refractivity contribution < 1.29 is 4.74 Å². The van der Waals surface area contributed by atoms with E-state index in [9.17, 15) is 0 Å². The van der Waals surface area contributed by atoms with Crippen molar-refractivity contribution in [1.29, 1.82) is 0 Å². The Morgan fingerprint density at radius 2 is 1.66 bits per heavy atom. The summed E-state index contributed by atoms with van der Waals surface area (Å²) in [5.74, 6) is 1.99. The Labute approximate surface area is 174 Å². The number of hydrogen-bond acceptors (Lipinski definition) is 6. The zero-order chi connectivity index (χ0) is 20.3. The molecule has 0 aliphatic rings. The van der Waals surface area contributed by atoms with Crippen molar-refractivity contribution in [2.75, 3.05) is 5.32 Å². The van der Waals surface area contributed by atoms with Gasteiger partial charge in [-0.2, -0.15) is 9.36 Å². The van der Waals surface area contributed by atoms with Gasteiger partial charge in [0.05, 0.1) is 0 Å². The summed E-state index contributed by atoms with van der Waals surface area (Å²) in [7, 11) is 0. The van der Waals surface area contributed by atoms with E-state index < -0.39 is 0 Å². The molecule has 4 aromatic rings. The van der Waals surface area contributed by atoms with Crippen molar-refractivity contribution in [2.24, 2.45) is 0 Å². The number of nitrogens with one attached hydrogen (secondary N) is 1. The van der Waals surface area contributed by atoms with Crippen LogP contribution in [0.25, 0.3) is 11.4 Å². The topological polar surface area (TPSA) is 59.9 Å². The molecule has 5 nitrogen and oxygen atoms in total. The maximum Gasteiger partial charge on any atom is 0.243 e. The van der Waals surface area contributed by atoms with E-state index in [2.05, 4.69) is 46.5 Å². The van der Waals surface area contributed by atoms with Crippen LogP contribution in [-0.4, -0.2) is 14.3 Å². The number of para-hydroxylation sites is 1. The molecule has 0 spiro atoms. The fourth-order valence-corrected chi connectivity index (χ4v) is 3.54. The van der Waals surface area contributed by atoms with Crippen LogP contribution in [0.4, 0.5) is 10.8 Å². The van der Waals surface area contributed by atoms with Gasteiger partial charge in [-0.25, -0.2) is 4.98 Å². The number of aromatic nitrogens is 3. The third kappa shape index (κ3) is 4.43. The molecular weight excluding hydrogens is 380 g/mol. The first-order valence-electron chi connectivity index (χ1n) is 9.39. The normalized spacial score (nSPS) is 11.3. The van der Waals surface area contributed by atoms with Crippen LogP contribution in [0, 0.1) is 0 Å². The first-order valence-corrected chi connectivity index (χ1v) is 10.2. The lowest BCUT2D eigenvalue weighted by atomic mass is 9.86. The first-order chi connectivity index (χ1) is 14.0. The highest BCUT2D eigenvalue weighted by molar-refractivity contribution is 7.10. The molecule has 2 heterocycles. The number of anilines is 2. The van der Waals surface area contributed by atoms with Crippen molar-refractivity contribution in [3.63, 3.8) is 0 Å². The molecule has 0 atom stereocenters. The second kappa shape index (κ2) is 8.01. The zero-order valence-corrected chi connectivity index (χ0v) is 17.4. The molecule has 0 saturated carbocycles. The van der Waals surface area contributed by atoms with Crippen LogP contribution in [0.3, 0.4) is 0 Å². The largest absolute Gasteiger partial charge is 0.437 e. The minimum absolute atomic E-state index is 0.0389. The van der Waals surface area contributed by atoms with Gasteiger partial charge in [0, 0.05) is 28.9 Å². The van der Waals surface area contributed by atoms with E-state index in [1.54, 1.807) is 6.20 Å². The maximum atomic E-state index is 6.21. The van der Waals surface area contributed by atoms with Gasteiger partial charge in [-0.1, -0.05) is 69.3 Å². The molecule has 29 heavy (non-hydrogen) atoms. The summed E-state index contributed by atoms with van der Waals surface area (Å²) in [5, 5.41) is 3.98. The Morgan fingerprint density at radius 3 is 2.45 bits per heavy atom. The number of hydrogen-bond donors (Lipinski definition) is 1. The lowest BCUT2D eigenvalue weighted by Crippen LogP contribution is -2.12. The van der Waals surface area contributed by atoms with Crippen LogP contribution in [0.15, 0.2) is 72.9 Å².